The molecule has 0 bridgehead atoms. The van der Waals surface area contributed by atoms with Gasteiger partial charge < -0.3 is 19.9 Å². The first-order valence-electron chi connectivity index (χ1n) is 5.63. The monoisotopic (exact) mass is 253 g/mol. The normalized spacial score (nSPS) is 12.0. The molecule has 1 unspecified atom stereocenters. The molecule has 0 saturated heterocycles. The Morgan fingerprint density at radius 1 is 1.39 bits per heavy atom. The van der Waals surface area contributed by atoms with Gasteiger partial charge in [0.05, 0.1) is 26.9 Å². The van der Waals surface area contributed by atoms with Gasteiger partial charge in [-0.2, -0.15) is 0 Å². The Morgan fingerprint density at radius 2 is 2.11 bits per heavy atom. The molecule has 1 aromatic rings. The number of carbonyl (C=O) groups is 1. The van der Waals surface area contributed by atoms with E-state index in [1.54, 1.807) is 7.11 Å². The molecule has 5 nitrogen and oxygen atoms in total. The summed E-state index contributed by atoms with van der Waals surface area (Å²) in [5.74, 6) is 0.412. The van der Waals surface area contributed by atoms with Crippen molar-refractivity contribution in [1.82, 2.24) is 0 Å². The number of hydrogen-bond acceptors (Lipinski definition) is 5. The van der Waals surface area contributed by atoms with E-state index in [-0.39, 0.29) is 19.3 Å². The van der Waals surface area contributed by atoms with Gasteiger partial charge in [-0.25, -0.2) is 4.79 Å². The van der Waals surface area contributed by atoms with Crippen LogP contribution in [0.25, 0.3) is 0 Å². The van der Waals surface area contributed by atoms with Gasteiger partial charge in [-0.15, -0.1) is 0 Å². The van der Waals surface area contributed by atoms with Crippen LogP contribution in [0, 0.1) is 6.92 Å². The molecule has 0 aromatic heterocycles. The summed E-state index contributed by atoms with van der Waals surface area (Å²) >= 11 is 0. The lowest BCUT2D eigenvalue weighted by Gasteiger charge is -2.14. The number of carbonyl (C=O) groups excluding carboxylic acids is 1. The summed E-state index contributed by atoms with van der Waals surface area (Å²) in [5, 5.41) is 0. The smallest absolute Gasteiger partial charge is 0.331 e. The molecule has 1 aromatic carbocycles. The SMILES string of the molecule is COC(=O)COCC(N)c1ccc(OC)c(C)c1. The van der Waals surface area contributed by atoms with E-state index < -0.39 is 5.97 Å². The highest BCUT2D eigenvalue weighted by Crippen LogP contribution is 2.21. The predicted molar refractivity (Wildman–Crippen MR) is 67.5 cm³/mol. The number of esters is 1. The highest BCUT2D eigenvalue weighted by molar-refractivity contribution is 5.70. The lowest BCUT2D eigenvalue weighted by Crippen LogP contribution is -2.20. The van der Waals surface area contributed by atoms with Crippen LogP contribution >= 0.6 is 0 Å². The zero-order chi connectivity index (χ0) is 13.5. The zero-order valence-electron chi connectivity index (χ0n) is 10.9. The summed E-state index contributed by atoms with van der Waals surface area (Å²) in [6.07, 6.45) is 0. The number of hydrogen-bond donors (Lipinski definition) is 1. The summed E-state index contributed by atoms with van der Waals surface area (Å²) in [7, 11) is 2.94. The van der Waals surface area contributed by atoms with Crippen LogP contribution in [0.1, 0.15) is 17.2 Å². The van der Waals surface area contributed by atoms with Gasteiger partial charge in [0, 0.05) is 0 Å². The Morgan fingerprint density at radius 3 is 2.67 bits per heavy atom. The Kier molecular flexibility index (Phi) is 5.61. The number of ether oxygens (including phenoxy) is 3. The molecule has 0 radical (unpaired) electrons. The van der Waals surface area contributed by atoms with E-state index in [2.05, 4.69) is 4.74 Å². The summed E-state index contributed by atoms with van der Waals surface area (Å²) in [6, 6.07) is 5.42. The molecule has 5 heteroatoms. The standard InChI is InChI=1S/C13H19NO4/c1-9-6-10(4-5-12(9)16-2)11(14)7-18-8-13(15)17-3/h4-6,11H,7-8,14H2,1-3H3. The highest BCUT2D eigenvalue weighted by atomic mass is 16.6. The van der Waals surface area contributed by atoms with Crippen molar-refractivity contribution in [3.8, 4) is 5.75 Å². The number of methoxy groups -OCH3 is 2. The molecule has 18 heavy (non-hydrogen) atoms. The molecule has 100 valence electrons. The number of nitrogens with two attached hydrogens (primary N) is 1. The van der Waals surface area contributed by atoms with E-state index in [4.69, 9.17) is 15.2 Å². The third-order valence-electron chi connectivity index (χ3n) is 2.59. The van der Waals surface area contributed by atoms with Crippen LogP contribution in [0.3, 0.4) is 0 Å². The fraction of sp³-hybridized carbons (Fsp3) is 0.462. The number of aryl methyl sites for hydroxylation is 1. The molecule has 0 spiro atoms. The first-order chi connectivity index (χ1) is 8.58. The average molecular weight is 253 g/mol. The second kappa shape index (κ2) is 6.98. The average Bonchev–Trinajstić information content (AvgIpc) is 2.38. The Bertz CT molecular complexity index is 406. The molecule has 1 rings (SSSR count). The summed E-state index contributed by atoms with van der Waals surface area (Å²) in [5.41, 5.74) is 7.92. The van der Waals surface area contributed by atoms with Crippen molar-refractivity contribution in [2.24, 2.45) is 5.73 Å². The molecule has 0 heterocycles. The molecule has 1 atom stereocenters. The second-order valence-electron chi connectivity index (χ2n) is 3.93. The molecular weight excluding hydrogens is 234 g/mol. The predicted octanol–water partition coefficient (Wildman–Crippen LogP) is 1.19. The molecule has 0 aliphatic rings. The maximum absolute atomic E-state index is 10.9. The van der Waals surface area contributed by atoms with E-state index in [0.717, 1.165) is 16.9 Å². The van der Waals surface area contributed by atoms with Crippen molar-refractivity contribution in [3.63, 3.8) is 0 Å². The number of rotatable bonds is 6. The van der Waals surface area contributed by atoms with Crippen LogP contribution in [0.4, 0.5) is 0 Å². The third kappa shape index (κ3) is 4.01. The molecule has 0 saturated carbocycles. The highest BCUT2D eigenvalue weighted by Gasteiger charge is 2.09. The Balaban J connectivity index is 2.53. The first kappa shape index (κ1) is 14.5. The zero-order valence-corrected chi connectivity index (χ0v) is 10.9. The van der Waals surface area contributed by atoms with E-state index in [9.17, 15) is 4.79 Å². The van der Waals surface area contributed by atoms with Crippen LogP contribution in [-0.4, -0.2) is 33.4 Å². The van der Waals surface area contributed by atoms with Gasteiger partial charge in [0.25, 0.3) is 0 Å². The molecule has 2 N–H and O–H groups in total. The summed E-state index contributed by atoms with van der Waals surface area (Å²) in [4.78, 5) is 10.9. The molecule has 0 amide bonds. The molecule has 0 aliphatic carbocycles. The van der Waals surface area contributed by atoms with Crippen molar-refractivity contribution < 1.29 is 19.0 Å². The third-order valence-corrected chi connectivity index (χ3v) is 2.59. The van der Waals surface area contributed by atoms with E-state index >= 15 is 0 Å². The van der Waals surface area contributed by atoms with Gasteiger partial charge in [0.1, 0.15) is 12.4 Å². The van der Waals surface area contributed by atoms with Crippen molar-refractivity contribution >= 4 is 5.97 Å². The topological polar surface area (TPSA) is 70.8 Å². The quantitative estimate of drug-likeness (QED) is 0.771. The minimum atomic E-state index is -0.409. The lowest BCUT2D eigenvalue weighted by molar-refractivity contribution is -0.146. The minimum Gasteiger partial charge on any atom is -0.496 e. The molecule has 0 fully saturated rings. The fourth-order valence-electron chi connectivity index (χ4n) is 1.56. The van der Waals surface area contributed by atoms with Crippen molar-refractivity contribution in [1.29, 1.82) is 0 Å². The second-order valence-corrected chi connectivity index (χ2v) is 3.93. The van der Waals surface area contributed by atoms with Crippen LogP contribution < -0.4 is 10.5 Å². The van der Waals surface area contributed by atoms with Crippen LogP contribution in [-0.2, 0) is 14.3 Å². The Hall–Kier alpha value is -1.59. The number of benzene rings is 1. The van der Waals surface area contributed by atoms with Crippen molar-refractivity contribution in [2.75, 3.05) is 27.4 Å². The van der Waals surface area contributed by atoms with Gasteiger partial charge in [-0.1, -0.05) is 12.1 Å². The Labute approximate surface area is 107 Å². The maximum Gasteiger partial charge on any atom is 0.331 e. The minimum absolute atomic E-state index is 0.0840. The van der Waals surface area contributed by atoms with E-state index in [0.29, 0.717) is 0 Å². The fourth-order valence-corrected chi connectivity index (χ4v) is 1.56. The first-order valence-corrected chi connectivity index (χ1v) is 5.63. The largest absolute Gasteiger partial charge is 0.496 e. The van der Waals surface area contributed by atoms with Gasteiger partial charge in [0.2, 0.25) is 0 Å². The van der Waals surface area contributed by atoms with Crippen molar-refractivity contribution in [3.05, 3.63) is 29.3 Å². The van der Waals surface area contributed by atoms with Gasteiger partial charge in [-0.05, 0) is 24.1 Å². The summed E-state index contributed by atoms with van der Waals surface area (Å²) < 4.78 is 14.8. The summed E-state index contributed by atoms with van der Waals surface area (Å²) in [6.45, 7) is 2.13. The molecular formula is C13H19NO4. The van der Waals surface area contributed by atoms with E-state index in [1.807, 2.05) is 25.1 Å². The van der Waals surface area contributed by atoms with Crippen LogP contribution in [0.5, 0.6) is 5.75 Å². The van der Waals surface area contributed by atoms with Gasteiger partial charge >= 0.3 is 5.97 Å². The van der Waals surface area contributed by atoms with Gasteiger partial charge in [0.15, 0.2) is 0 Å². The molecule has 0 aliphatic heterocycles. The lowest BCUT2D eigenvalue weighted by atomic mass is 10.1. The van der Waals surface area contributed by atoms with Gasteiger partial charge in [-0.3, -0.25) is 0 Å². The maximum atomic E-state index is 10.9. The van der Waals surface area contributed by atoms with Crippen molar-refractivity contribution in [2.45, 2.75) is 13.0 Å². The van der Waals surface area contributed by atoms with Crippen LogP contribution in [0.15, 0.2) is 18.2 Å². The van der Waals surface area contributed by atoms with E-state index in [1.165, 1.54) is 7.11 Å². The van der Waals surface area contributed by atoms with Crippen LogP contribution in [0.2, 0.25) is 0 Å².